The molecule has 2 aliphatic heterocycles. The molecule has 0 unspecified atom stereocenters. The second-order valence-corrected chi connectivity index (χ2v) is 9.22. The van der Waals surface area contributed by atoms with Crippen LogP contribution in [0.1, 0.15) is 6.42 Å². The molecule has 28 heavy (non-hydrogen) atoms. The van der Waals surface area contributed by atoms with E-state index in [-0.39, 0.29) is 4.90 Å². The molecule has 3 aromatic rings. The normalized spacial score (nSPS) is 19.4. The third kappa shape index (κ3) is 2.77. The zero-order chi connectivity index (χ0) is 19.5. The van der Waals surface area contributed by atoms with Gasteiger partial charge in [0.15, 0.2) is 0 Å². The Bertz CT molecular complexity index is 1130. The van der Waals surface area contributed by atoms with E-state index in [1.165, 1.54) is 21.5 Å². The lowest BCUT2D eigenvalue weighted by Crippen LogP contribution is -2.56. The Morgan fingerprint density at radius 2 is 1.86 bits per heavy atom. The largest absolute Gasteiger partial charge is 0.354 e. The highest BCUT2D eigenvalue weighted by molar-refractivity contribution is 7.89. The molecule has 0 atom stereocenters. The van der Waals surface area contributed by atoms with E-state index in [1.807, 2.05) is 30.3 Å². The Morgan fingerprint density at radius 1 is 1.11 bits per heavy atom. The number of H-pyrrole nitrogens is 1. The standard InChI is InChI=1S/C19H18F2N4O2S/c20-19(21)11-24(12-19)18-15(17-8-13-4-1-2-5-16(13)23-17)9-14(10-22-18)28(26,27)25-6-3-7-25/h1-2,4-5,8-10,23H,3,6-7,11-12H2. The first-order chi connectivity index (χ1) is 13.3. The van der Waals surface area contributed by atoms with Gasteiger partial charge in [-0.2, -0.15) is 4.31 Å². The zero-order valence-electron chi connectivity index (χ0n) is 14.9. The molecule has 0 aliphatic carbocycles. The number of hydrogen-bond donors (Lipinski definition) is 1. The van der Waals surface area contributed by atoms with Gasteiger partial charge in [-0.05, 0) is 24.6 Å². The van der Waals surface area contributed by atoms with Crippen LogP contribution >= 0.6 is 0 Å². The summed E-state index contributed by atoms with van der Waals surface area (Å²) in [5, 5.41) is 0.952. The van der Waals surface area contributed by atoms with Crippen molar-refractivity contribution in [3.8, 4) is 11.3 Å². The summed E-state index contributed by atoms with van der Waals surface area (Å²) in [6.07, 6.45) is 2.11. The lowest BCUT2D eigenvalue weighted by Gasteiger charge is -2.40. The molecular formula is C19H18F2N4O2S. The SMILES string of the molecule is O=S(=O)(c1cnc(N2CC(F)(F)C2)c(-c2cc3ccccc3[nH]2)c1)N1CCC1. The number of rotatable bonds is 4. The van der Waals surface area contributed by atoms with E-state index in [1.54, 1.807) is 0 Å². The van der Waals surface area contributed by atoms with Crippen LogP contribution < -0.4 is 4.90 Å². The fourth-order valence-corrected chi connectivity index (χ4v) is 5.08. The van der Waals surface area contributed by atoms with Crippen molar-refractivity contribution in [3.05, 3.63) is 42.6 Å². The van der Waals surface area contributed by atoms with Crippen LogP contribution in [-0.4, -0.2) is 54.8 Å². The monoisotopic (exact) mass is 404 g/mol. The maximum Gasteiger partial charge on any atom is 0.282 e. The highest BCUT2D eigenvalue weighted by Gasteiger charge is 2.45. The third-order valence-corrected chi connectivity index (χ3v) is 7.12. The van der Waals surface area contributed by atoms with Crippen molar-refractivity contribution in [2.24, 2.45) is 0 Å². The number of pyridine rings is 1. The van der Waals surface area contributed by atoms with Gasteiger partial charge >= 0.3 is 0 Å². The summed E-state index contributed by atoms with van der Waals surface area (Å²) in [6, 6.07) is 11.1. The molecule has 0 bridgehead atoms. The first-order valence-corrected chi connectivity index (χ1v) is 10.5. The van der Waals surface area contributed by atoms with Crippen molar-refractivity contribution in [1.29, 1.82) is 0 Å². The van der Waals surface area contributed by atoms with Crippen LogP contribution in [-0.2, 0) is 10.0 Å². The van der Waals surface area contributed by atoms with E-state index < -0.39 is 29.0 Å². The molecule has 0 amide bonds. The Morgan fingerprint density at radius 3 is 2.50 bits per heavy atom. The quantitative estimate of drug-likeness (QED) is 0.726. The molecule has 2 saturated heterocycles. The average molecular weight is 404 g/mol. The summed E-state index contributed by atoms with van der Waals surface area (Å²) in [4.78, 5) is 9.09. The van der Waals surface area contributed by atoms with Gasteiger partial charge in [0.1, 0.15) is 10.7 Å². The van der Waals surface area contributed by atoms with Crippen molar-refractivity contribution < 1.29 is 17.2 Å². The summed E-state index contributed by atoms with van der Waals surface area (Å²) >= 11 is 0. The topological polar surface area (TPSA) is 69.3 Å². The van der Waals surface area contributed by atoms with Crippen LogP contribution in [0.2, 0.25) is 0 Å². The molecule has 6 nitrogen and oxygen atoms in total. The summed E-state index contributed by atoms with van der Waals surface area (Å²) in [5.41, 5.74) is 2.04. The number of aromatic nitrogens is 2. The average Bonchev–Trinajstić information content (AvgIpc) is 3.01. The molecule has 5 rings (SSSR count). The van der Waals surface area contributed by atoms with E-state index in [9.17, 15) is 17.2 Å². The number of alkyl halides is 2. The minimum absolute atomic E-state index is 0.0805. The second kappa shape index (κ2) is 5.99. The number of nitrogens with one attached hydrogen (secondary N) is 1. The maximum absolute atomic E-state index is 13.4. The van der Waals surface area contributed by atoms with Crippen molar-refractivity contribution >= 4 is 26.7 Å². The van der Waals surface area contributed by atoms with E-state index in [4.69, 9.17) is 0 Å². The Kier molecular flexibility index (Phi) is 3.76. The number of halogens is 2. The number of fused-ring (bicyclic) bond motifs is 1. The molecule has 0 radical (unpaired) electrons. The smallest absolute Gasteiger partial charge is 0.282 e. The number of anilines is 1. The maximum atomic E-state index is 13.4. The Balaban J connectivity index is 1.63. The Labute approximate surface area is 160 Å². The zero-order valence-corrected chi connectivity index (χ0v) is 15.7. The van der Waals surface area contributed by atoms with Gasteiger partial charge in [0.05, 0.1) is 18.8 Å². The highest BCUT2D eigenvalue weighted by Crippen LogP contribution is 2.38. The van der Waals surface area contributed by atoms with Crippen LogP contribution in [0.15, 0.2) is 47.5 Å². The van der Waals surface area contributed by atoms with Crippen molar-refractivity contribution in [3.63, 3.8) is 0 Å². The fraction of sp³-hybridized carbons (Fsp3) is 0.316. The first kappa shape index (κ1) is 17.6. The van der Waals surface area contributed by atoms with E-state index in [2.05, 4.69) is 9.97 Å². The number of sulfonamides is 1. The molecule has 4 heterocycles. The predicted octanol–water partition coefficient (Wildman–Crippen LogP) is 3.08. The van der Waals surface area contributed by atoms with Gasteiger partial charge in [0.25, 0.3) is 5.92 Å². The van der Waals surface area contributed by atoms with Crippen LogP contribution in [0.25, 0.3) is 22.2 Å². The minimum Gasteiger partial charge on any atom is -0.354 e. The second-order valence-electron chi connectivity index (χ2n) is 7.28. The molecule has 2 aliphatic rings. The molecule has 146 valence electrons. The molecule has 0 saturated carbocycles. The molecule has 9 heteroatoms. The van der Waals surface area contributed by atoms with E-state index >= 15 is 0 Å². The summed E-state index contributed by atoms with van der Waals surface area (Å²) in [7, 11) is -3.63. The van der Waals surface area contributed by atoms with Gasteiger partial charge < -0.3 is 9.88 Å². The number of nitrogens with zero attached hydrogens (tertiary/aromatic N) is 3. The lowest BCUT2D eigenvalue weighted by atomic mass is 10.1. The lowest BCUT2D eigenvalue weighted by molar-refractivity contribution is -0.0266. The van der Waals surface area contributed by atoms with Gasteiger partial charge in [0.2, 0.25) is 10.0 Å². The molecule has 2 fully saturated rings. The predicted molar refractivity (Wildman–Crippen MR) is 102 cm³/mol. The van der Waals surface area contributed by atoms with Gasteiger partial charge in [-0.25, -0.2) is 22.2 Å². The summed E-state index contributed by atoms with van der Waals surface area (Å²) in [6.45, 7) is 0.130. The third-order valence-electron chi connectivity index (χ3n) is 5.26. The van der Waals surface area contributed by atoms with Crippen LogP contribution in [0.4, 0.5) is 14.6 Å². The molecule has 2 aromatic heterocycles. The van der Waals surface area contributed by atoms with Crippen molar-refractivity contribution in [2.75, 3.05) is 31.1 Å². The number of aromatic amines is 1. The summed E-state index contributed by atoms with van der Waals surface area (Å²) in [5.74, 6) is -2.39. The van der Waals surface area contributed by atoms with Crippen molar-refractivity contribution in [1.82, 2.24) is 14.3 Å². The van der Waals surface area contributed by atoms with Gasteiger partial charge in [-0.1, -0.05) is 18.2 Å². The molecular weight excluding hydrogens is 386 g/mol. The van der Waals surface area contributed by atoms with Gasteiger partial charge in [-0.15, -0.1) is 0 Å². The summed E-state index contributed by atoms with van der Waals surface area (Å²) < 4.78 is 53.8. The molecule has 0 spiro atoms. The fourth-order valence-electron chi connectivity index (χ4n) is 3.59. The van der Waals surface area contributed by atoms with Crippen LogP contribution in [0, 0.1) is 0 Å². The number of benzene rings is 1. The van der Waals surface area contributed by atoms with E-state index in [0.717, 1.165) is 17.3 Å². The Hall–Kier alpha value is -2.52. The highest BCUT2D eigenvalue weighted by atomic mass is 32.2. The van der Waals surface area contributed by atoms with Crippen LogP contribution in [0.5, 0.6) is 0 Å². The first-order valence-electron chi connectivity index (χ1n) is 9.05. The molecule has 1 aromatic carbocycles. The van der Waals surface area contributed by atoms with Crippen molar-refractivity contribution in [2.45, 2.75) is 17.2 Å². The number of hydrogen-bond acceptors (Lipinski definition) is 4. The van der Waals surface area contributed by atoms with Gasteiger partial charge in [0, 0.05) is 35.8 Å². The van der Waals surface area contributed by atoms with Crippen LogP contribution in [0.3, 0.4) is 0 Å². The van der Waals surface area contributed by atoms with E-state index in [0.29, 0.717) is 30.2 Å². The number of para-hydroxylation sites is 1. The minimum atomic E-state index is -3.63. The molecule has 1 N–H and O–H groups in total. The van der Waals surface area contributed by atoms with Gasteiger partial charge in [-0.3, -0.25) is 0 Å².